The van der Waals surface area contributed by atoms with E-state index in [-0.39, 0.29) is 11.8 Å². The van der Waals surface area contributed by atoms with Gasteiger partial charge in [-0.1, -0.05) is 23.7 Å². The van der Waals surface area contributed by atoms with E-state index in [4.69, 9.17) is 16.3 Å². The molecule has 0 spiro atoms. The Morgan fingerprint density at radius 1 is 0.933 bits per heavy atom. The molecule has 3 aromatic rings. The number of amides is 2. The van der Waals surface area contributed by atoms with Crippen LogP contribution in [-0.4, -0.2) is 24.7 Å². The molecule has 0 aromatic heterocycles. The molecule has 0 unspecified atom stereocenters. The van der Waals surface area contributed by atoms with Gasteiger partial charge >= 0.3 is 0 Å². The highest BCUT2D eigenvalue weighted by atomic mass is 35.5. The number of carbonyl (C=O) groups is 2. The summed E-state index contributed by atoms with van der Waals surface area (Å²) in [4.78, 5) is 24.5. The molecule has 7 heteroatoms. The number of hydrogen-bond acceptors (Lipinski definition) is 4. The van der Waals surface area contributed by atoms with E-state index in [1.165, 1.54) is 11.8 Å². The van der Waals surface area contributed by atoms with Crippen LogP contribution in [0.25, 0.3) is 0 Å². The number of methoxy groups -OCH3 is 1. The third-order valence-corrected chi connectivity index (χ3v) is 5.41. The van der Waals surface area contributed by atoms with Crippen molar-refractivity contribution in [3.8, 4) is 5.75 Å². The number of halogens is 1. The first kappa shape index (κ1) is 21.7. The zero-order valence-electron chi connectivity index (χ0n) is 16.4. The molecule has 0 heterocycles. The van der Waals surface area contributed by atoms with Gasteiger partial charge in [0.05, 0.1) is 12.9 Å². The predicted octanol–water partition coefficient (Wildman–Crippen LogP) is 5.47. The highest BCUT2D eigenvalue weighted by Crippen LogP contribution is 2.18. The van der Waals surface area contributed by atoms with E-state index in [2.05, 4.69) is 10.6 Å². The number of rotatable bonds is 8. The van der Waals surface area contributed by atoms with Gasteiger partial charge in [0.2, 0.25) is 5.91 Å². The van der Waals surface area contributed by atoms with Crippen LogP contribution in [-0.2, 0) is 10.5 Å². The number of nitrogens with one attached hydrogen (secondary N) is 2. The molecule has 3 rings (SSSR count). The molecule has 0 saturated carbocycles. The van der Waals surface area contributed by atoms with Crippen LogP contribution in [0.15, 0.2) is 72.8 Å². The molecule has 0 fully saturated rings. The van der Waals surface area contributed by atoms with Crippen LogP contribution in [0.2, 0.25) is 5.02 Å². The lowest BCUT2D eigenvalue weighted by molar-refractivity contribution is -0.113. The Morgan fingerprint density at radius 3 is 2.27 bits per heavy atom. The van der Waals surface area contributed by atoms with Gasteiger partial charge in [-0.25, -0.2) is 0 Å². The first-order valence-electron chi connectivity index (χ1n) is 9.21. The smallest absolute Gasteiger partial charge is 0.255 e. The lowest BCUT2D eigenvalue weighted by Gasteiger charge is -2.08. The van der Waals surface area contributed by atoms with Crippen molar-refractivity contribution >= 4 is 46.6 Å². The summed E-state index contributed by atoms with van der Waals surface area (Å²) in [6.07, 6.45) is 0. The van der Waals surface area contributed by atoms with Gasteiger partial charge in [-0.05, 0) is 66.2 Å². The summed E-state index contributed by atoms with van der Waals surface area (Å²) in [5, 5.41) is 6.35. The van der Waals surface area contributed by atoms with E-state index in [9.17, 15) is 9.59 Å². The van der Waals surface area contributed by atoms with Crippen molar-refractivity contribution in [2.24, 2.45) is 0 Å². The number of thioether (sulfide) groups is 1. The molecule has 2 N–H and O–H groups in total. The fourth-order valence-electron chi connectivity index (χ4n) is 2.67. The maximum absolute atomic E-state index is 12.4. The van der Waals surface area contributed by atoms with Gasteiger partial charge in [-0.15, -0.1) is 11.8 Å². The van der Waals surface area contributed by atoms with Crippen LogP contribution < -0.4 is 15.4 Å². The van der Waals surface area contributed by atoms with Gasteiger partial charge < -0.3 is 15.4 Å². The largest absolute Gasteiger partial charge is 0.497 e. The molecule has 5 nitrogen and oxygen atoms in total. The Balaban J connectivity index is 1.47. The summed E-state index contributed by atoms with van der Waals surface area (Å²) in [6, 6.07) is 21.4. The fraction of sp³-hybridized carbons (Fsp3) is 0.130. The monoisotopic (exact) mass is 440 g/mol. The van der Waals surface area contributed by atoms with Crippen LogP contribution in [0.3, 0.4) is 0 Å². The average molecular weight is 441 g/mol. The molecule has 0 aliphatic rings. The molecule has 0 aliphatic heterocycles. The number of ether oxygens (including phenoxy) is 1. The lowest BCUT2D eigenvalue weighted by atomic mass is 10.2. The molecule has 0 atom stereocenters. The Bertz CT molecular complexity index is 1010. The van der Waals surface area contributed by atoms with Crippen LogP contribution in [0.5, 0.6) is 5.75 Å². The molecule has 2 amide bonds. The molecule has 0 radical (unpaired) electrons. The van der Waals surface area contributed by atoms with Gasteiger partial charge in [0.25, 0.3) is 5.91 Å². The molecule has 0 bridgehead atoms. The van der Waals surface area contributed by atoms with Crippen LogP contribution in [0, 0.1) is 0 Å². The van der Waals surface area contributed by atoms with E-state index in [0.717, 1.165) is 11.3 Å². The zero-order chi connectivity index (χ0) is 21.3. The zero-order valence-corrected chi connectivity index (χ0v) is 17.9. The molecule has 154 valence electrons. The third kappa shape index (κ3) is 6.54. The number of benzene rings is 3. The highest BCUT2D eigenvalue weighted by Gasteiger charge is 2.08. The predicted molar refractivity (Wildman–Crippen MR) is 124 cm³/mol. The van der Waals surface area contributed by atoms with Crippen molar-refractivity contribution in [3.63, 3.8) is 0 Å². The molecule has 0 saturated heterocycles. The van der Waals surface area contributed by atoms with E-state index < -0.39 is 0 Å². The van der Waals surface area contributed by atoms with Crippen LogP contribution >= 0.6 is 23.4 Å². The molecule has 3 aromatic carbocycles. The van der Waals surface area contributed by atoms with Gasteiger partial charge in [-0.3, -0.25) is 9.59 Å². The van der Waals surface area contributed by atoms with Crippen molar-refractivity contribution in [2.75, 3.05) is 23.5 Å². The first-order valence-corrected chi connectivity index (χ1v) is 10.7. The van der Waals surface area contributed by atoms with E-state index in [0.29, 0.717) is 33.5 Å². The van der Waals surface area contributed by atoms with Crippen LogP contribution in [0.1, 0.15) is 15.9 Å². The number of anilines is 2. The second-order valence-electron chi connectivity index (χ2n) is 6.43. The molecule has 0 aliphatic carbocycles. The summed E-state index contributed by atoms with van der Waals surface area (Å²) < 4.78 is 5.10. The highest BCUT2D eigenvalue weighted by molar-refractivity contribution is 7.99. The molecule has 30 heavy (non-hydrogen) atoms. The Labute approximate surface area is 184 Å². The van der Waals surface area contributed by atoms with Gasteiger partial charge in [0.15, 0.2) is 0 Å². The van der Waals surface area contributed by atoms with E-state index >= 15 is 0 Å². The topological polar surface area (TPSA) is 67.4 Å². The SMILES string of the molecule is COc1ccc(NC(=O)c2ccc(NC(=O)CSCc3cccc(Cl)c3)cc2)cc1. The maximum Gasteiger partial charge on any atom is 0.255 e. The second-order valence-corrected chi connectivity index (χ2v) is 7.85. The number of hydrogen-bond donors (Lipinski definition) is 2. The Hall–Kier alpha value is -2.96. The molecular weight excluding hydrogens is 420 g/mol. The second kappa shape index (κ2) is 10.7. The Morgan fingerprint density at radius 2 is 1.60 bits per heavy atom. The van der Waals surface area contributed by atoms with E-state index in [1.54, 1.807) is 55.6 Å². The summed E-state index contributed by atoms with van der Waals surface area (Å²) in [7, 11) is 1.59. The van der Waals surface area contributed by atoms with E-state index in [1.807, 2.05) is 24.3 Å². The van der Waals surface area contributed by atoms with Crippen molar-refractivity contribution < 1.29 is 14.3 Å². The summed E-state index contributed by atoms with van der Waals surface area (Å²) in [5.41, 5.74) is 2.89. The average Bonchev–Trinajstić information content (AvgIpc) is 2.75. The van der Waals surface area contributed by atoms with Crippen molar-refractivity contribution in [3.05, 3.63) is 88.9 Å². The van der Waals surface area contributed by atoms with Gasteiger partial charge in [-0.2, -0.15) is 0 Å². The Kier molecular flexibility index (Phi) is 7.76. The van der Waals surface area contributed by atoms with Crippen molar-refractivity contribution in [1.29, 1.82) is 0 Å². The normalized spacial score (nSPS) is 10.3. The van der Waals surface area contributed by atoms with Gasteiger partial charge in [0.1, 0.15) is 5.75 Å². The minimum absolute atomic E-state index is 0.0996. The summed E-state index contributed by atoms with van der Waals surface area (Å²) in [6.45, 7) is 0. The summed E-state index contributed by atoms with van der Waals surface area (Å²) >= 11 is 7.47. The van der Waals surface area contributed by atoms with Crippen molar-refractivity contribution in [2.45, 2.75) is 5.75 Å². The molecular formula is C23H21ClN2O3S. The fourth-order valence-corrected chi connectivity index (χ4v) is 3.66. The lowest BCUT2D eigenvalue weighted by Crippen LogP contribution is -2.15. The summed E-state index contributed by atoms with van der Waals surface area (Å²) in [5.74, 6) is 1.43. The minimum Gasteiger partial charge on any atom is -0.497 e. The van der Waals surface area contributed by atoms with Crippen LogP contribution in [0.4, 0.5) is 11.4 Å². The quantitative estimate of drug-likeness (QED) is 0.487. The number of carbonyl (C=O) groups excluding carboxylic acids is 2. The van der Waals surface area contributed by atoms with Crippen molar-refractivity contribution in [1.82, 2.24) is 0 Å². The third-order valence-electron chi connectivity index (χ3n) is 4.17. The minimum atomic E-state index is -0.227. The maximum atomic E-state index is 12.4. The van der Waals surface area contributed by atoms with Gasteiger partial charge in [0, 0.05) is 27.7 Å². The first-order chi connectivity index (χ1) is 14.5. The standard InChI is InChI=1S/C23H21ClN2O3S/c1-29-21-11-9-20(10-12-21)26-23(28)17-5-7-19(8-6-17)25-22(27)15-30-14-16-3-2-4-18(24)13-16/h2-13H,14-15H2,1H3,(H,25,27)(H,26,28).